The average Bonchev–Trinajstić information content (AvgIpc) is 3.05. The van der Waals surface area contributed by atoms with E-state index >= 15 is 0 Å². The Hall–Kier alpha value is -0.600. The number of hydrogen-bond acceptors (Lipinski definition) is 1. The Balaban J connectivity index is 1.61. The molecular formula is C17H20ClFO. The quantitative estimate of drug-likeness (QED) is 0.866. The van der Waals surface area contributed by atoms with Crippen molar-refractivity contribution in [1.82, 2.24) is 0 Å². The summed E-state index contributed by atoms with van der Waals surface area (Å²) in [7, 11) is 0. The minimum Gasteiger partial charge on any atom is -0.389 e. The van der Waals surface area contributed by atoms with Gasteiger partial charge in [-0.25, -0.2) is 4.39 Å². The molecule has 5 unspecified atom stereocenters. The molecule has 0 aliphatic heterocycles. The Labute approximate surface area is 124 Å². The van der Waals surface area contributed by atoms with Crippen molar-refractivity contribution in [2.45, 2.75) is 44.1 Å². The van der Waals surface area contributed by atoms with E-state index in [-0.39, 0.29) is 10.8 Å². The summed E-state index contributed by atoms with van der Waals surface area (Å²) >= 11 is 6.06. The molecule has 3 fully saturated rings. The van der Waals surface area contributed by atoms with Gasteiger partial charge in [0.05, 0.1) is 10.6 Å². The van der Waals surface area contributed by atoms with Crippen molar-refractivity contribution in [3.05, 3.63) is 34.6 Å². The molecule has 1 nitrogen and oxygen atoms in total. The maximum Gasteiger partial charge on any atom is 0.142 e. The normalized spacial score (nSPS) is 42.1. The minimum atomic E-state index is -0.659. The standard InChI is InChI=1S/C17H20ClFO/c18-16-10(3-1-6-15(16)19)8-17(20)9-11-7-14(17)13-5-2-4-12(11)13/h1,3,6,11-14,20H,2,4-5,7-9H2. The van der Waals surface area contributed by atoms with Gasteiger partial charge in [0, 0.05) is 6.42 Å². The summed E-state index contributed by atoms with van der Waals surface area (Å²) in [6.07, 6.45) is 6.49. The Morgan fingerprint density at radius 3 is 2.95 bits per heavy atom. The fraction of sp³-hybridized carbons (Fsp3) is 0.647. The topological polar surface area (TPSA) is 20.2 Å². The van der Waals surface area contributed by atoms with Crippen molar-refractivity contribution in [1.29, 1.82) is 0 Å². The SMILES string of the molecule is OC1(Cc2cccc(F)c2Cl)CC2CC1C1CCCC21. The van der Waals surface area contributed by atoms with Crippen LogP contribution in [0.4, 0.5) is 4.39 Å². The fourth-order valence-corrected chi connectivity index (χ4v) is 5.65. The second-order valence-electron chi connectivity index (χ2n) is 7.06. The molecule has 0 heterocycles. The number of aliphatic hydroxyl groups is 1. The molecule has 0 amide bonds. The lowest BCUT2D eigenvalue weighted by molar-refractivity contribution is -0.0450. The highest BCUT2D eigenvalue weighted by Crippen LogP contribution is 2.63. The molecular weight excluding hydrogens is 275 g/mol. The van der Waals surface area contributed by atoms with Gasteiger partial charge >= 0.3 is 0 Å². The van der Waals surface area contributed by atoms with Crippen LogP contribution in [0.5, 0.6) is 0 Å². The van der Waals surface area contributed by atoms with Crippen molar-refractivity contribution >= 4 is 11.6 Å². The molecule has 3 saturated carbocycles. The van der Waals surface area contributed by atoms with Gasteiger partial charge in [-0.15, -0.1) is 0 Å². The van der Waals surface area contributed by atoms with Crippen molar-refractivity contribution in [3.8, 4) is 0 Å². The zero-order chi connectivity index (χ0) is 13.9. The van der Waals surface area contributed by atoms with Gasteiger partial charge < -0.3 is 5.11 Å². The maximum atomic E-state index is 13.6. The van der Waals surface area contributed by atoms with Crippen LogP contribution in [0.1, 0.15) is 37.7 Å². The van der Waals surface area contributed by atoms with Crippen LogP contribution in [0, 0.1) is 29.5 Å². The maximum absolute atomic E-state index is 13.6. The lowest BCUT2D eigenvalue weighted by Crippen LogP contribution is -2.43. The van der Waals surface area contributed by atoms with Gasteiger partial charge in [-0.2, -0.15) is 0 Å². The van der Waals surface area contributed by atoms with E-state index in [2.05, 4.69) is 0 Å². The van der Waals surface area contributed by atoms with Crippen LogP contribution in [-0.4, -0.2) is 10.7 Å². The van der Waals surface area contributed by atoms with Crippen molar-refractivity contribution < 1.29 is 9.50 Å². The Kier molecular flexibility index (Phi) is 2.91. The summed E-state index contributed by atoms with van der Waals surface area (Å²) in [5.74, 6) is 2.26. The zero-order valence-corrected chi connectivity index (χ0v) is 12.2. The summed E-state index contributed by atoms with van der Waals surface area (Å²) in [5.41, 5.74) is 0.101. The average molecular weight is 295 g/mol. The summed E-state index contributed by atoms with van der Waals surface area (Å²) in [6, 6.07) is 4.91. The van der Waals surface area contributed by atoms with Gasteiger partial charge in [0.2, 0.25) is 0 Å². The summed E-state index contributed by atoms with van der Waals surface area (Å²) < 4.78 is 13.6. The number of hydrogen-bond donors (Lipinski definition) is 1. The predicted molar refractivity (Wildman–Crippen MR) is 77.1 cm³/mol. The number of fused-ring (bicyclic) bond motifs is 5. The van der Waals surface area contributed by atoms with Crippen LogP contribution in [0.2, 0.25) is 5.02 Å². The highest BCUT2D eigenvalue weighted by atomic mass is 35.5. The van der Waals surface area contributed by atoms with Crippen LogP contribution < -0.4 is 0 Å². The van der Waals surface area contributed by atoms with Crippen LogP contribution in [0.15, 0.2) is 18.2 Å². The Bertz CT molecular complexity index is 546. The van der Waals surface area contributed by atoms with E-state index in [1.54, 1.807) is 6.07 Å². The molecule has 3 aliphatic carbocycles. The third-order valence-corrected chi connectivity index (χ3v) is 6.56. The van der Waals surface area contributed by atoms with Crippen molar-refractivity contribution in [2.75, 3.05) is 0 Å². The molecule has 0 aromatic heterocycles. The number of halogens is 2. The number of rotatable bonds is 2. The molecule has 2 bridgehead atoms. The smallest absolute Gasteiger partial charge is 0.142 e. The van der Waals surface area contributed by atoms with Crippen LogP contribution >= 0.6 is 11.6 Å². The Morgan fingerprint density at radius 1 is 1.30 bits per heavy atom. The highest BCUT2D eigenvalue weighted by molar-refractivity contribution is 6.31. The van der Waals surface area contributed by atoms with E-state index in [1.165, 1.54) is 31.7 Å². The number of benzene rings is 1. The molecule has 5 atom stereocenters. The lowest BCUT2D eigenvalue weighted by atomic mass is 9.70. The lowest BCUT2D eigenvalue weighted by Gasteiger charge is -2.39. The van der Waals surface area contributed by atoms with E-state index in [4.69, 9.17) is 11.6 Å². The first-order chi connectivity index (χ1) is 9.58. The van der Waals surface area contributed by atoms with E-state index in [0.29, 0.717) is 24.2 Å². The molecule has 1 aromatic carbocycles. The molecule has 4 rings (SSSR count). The van der Waals surface area contributed by atoms with Gasteiger partial charge in [-0.3, -0.25) is 0 Å². The highest BCUT2D eigenvalue weighted by Gasteiger charge is 2.60. The molecule has 0 radical (unpaired) electrons. The van der Waals surface area contributed by atoms with Crippen LogP contribution in [0.25, 0.3) is 0 Å². The van der Waals surface area contributed by atoms with Crippen LogP contribution in [0.3, 0.4) is 0 Å². The molecule has 1 N–H and O–H groups in total. The molecule has 1 aromatic rings. The second-order valence-corrected chi connectivity index (χ2v) is 7.44. The molecule has 3 aliphatic rings. The first kappa shape index (κ1) is 13.1. The third-order valence-electron chi connectivity index (χ3n) is 6.14. The molecule has 3 heteroatoms. The van der Waals surface area contributed by atoms with Gasteiger partial charge in [-0.1, -0.05) is 30.2 Å². The van der Waals surface area contributed by atoms with Crippen LogP contribution in [-0.2, 0) is 6.42 Å². The minimum absolute atomic E-state index is 0.187. The summed E-state index contributed by atoms with van der Waals surface area (Å²) in [6.45, 7) is 0. The molecule has 0 spiro atoms. The van der Waals surface area contributed by atoms with Gasteiger partial charge in [0.15, 0.2) is 0 Å². The van der Waals surface area contributed by atoms with Gasteiger partial charge in [0.25, 0.3) is 0 Å². The fourth-order valence-electron chi connectivity index (χ4n) is 5.45. The Morgan fingerprint density at radius 2 is 2.10 bits per heavy atom. The largest absolute Gasteiger partial charge is 0.389 e. The molecule has 0 saturated heterocycles. The van der Waals surface area contributed by atoms with E-state index in [1.807, 2.05) is 6.07 Å². The van der Waals surface area contributed by atoms with Gasteiger partial charge in [0.1, 0.15) is 5.82 Å². The van der Waals surface area contributed by atoms with Crippen molar-refractivity contribution in [2.24, 2.45) is 23.7 Å². The van der Waals surface area contributed by atoms with E-state index in [9.17, 15) is 9.50 Å². The summed E-state index contributed by atoms with van der Waals surface area (Å²) in [5, 5.41) is 11.3. The van der Waals surface area contributed by atoms with E-state index < -0.39 is 5.60 Å². The first-order valence-electron chi connectivity index (χ1n) is 7.74. The van der Waals surface area contributed by atoms with E-state index in [0.717, 1.165) is 17.9 Å². The summed E-state index contributed by atoms with van der Waals surface area (Å²) in [4.78, 5) is 0. The van der Waals surface area contributed by atoms with Gasteiger partial charge in [-0.05, 0) is 61.0 Å². The third kappa shape index (κ3) is 1.77. The second kappa shape index (κ2) is 4.45. The monoisotopic (exact) mass is 294 g/mol. The molecule has 108 valence electrons. The molecule has 20 heavy (non-hydrogen) atoms. The van der Waals surface area contributed by atoms with Crippen molar-refractivity contribution in [3.63, 3.8) is 0 Å². The predicted octanol–water partition coefficient (Wildman–Crippen LogP) is 4.21. The first-order valence-corrected chi connectivity index (χ1v) is 8.11. The zero-order valence-electron chi connectivity index (χ0n) is 11.5.